The molecule has 114 valence electrons. The third kappa shape index (κ3) is 2.22. The zero-order valence-electron chi connectivity index (χ0n) is 11.3. The molecule has 0 spiro atoms. The fourth-order valence-corrected chi connectivity index (χ4v) is 2.02. The normalized spacial score (nSPS) is 10.9. The maximum Gasteiger partial charge on any atom is 0.175 e. The predicted octanol–water partition coefficient (Wildman–Crippen LogP) is 3.30. The van der Waals surface area contributed by atoms with Crippen molar-refractivity contribution in [1.82, 2.24) is 0 Å². The molecule has 8 heteroatoms. The molecule has 0 saturated carbocycles. The summed E-state index contributed by atoms with van der Waals surface area (Å²) < 4.78 is 87.5. The van der Waals surface area contributed by atoms with Gasteiger partial charge in [0.05, 0.1) is 18.2 Å². The van der Waals surface area contributed by atoms with Gasteiger partial charge in [-0.1, -0.05) is 0 Å². The minimum Gasteiger partial charge on any atom is -0.494 e. The van der Waals surface area contributed by atoms with E-state index < -0.39 is 62.8 Å². The largest absolute Gasteiger partial charge is 0.494 e. The molecule has 0 fully saturated rings. The zero-order valence-corrected chi connectivity index (χ0v) is 11.3. The Bertz CT molecular complexity index is 775. The molecule has 1 nitrogen and oxygen atoms in total. The van der Waals surface area contributed by atoms with Crippen LogP contribution in [0.5, 0.6) is 5.75 Å². The zero-order chi connectivity index (χ0) is 16.8. The van der Waals surface area contributed by atoms with E-state index in [1.165, 1.54) is 0 Å². The van der Waals surface area contributed by atoms with Gasteiger partial charge in [0, 0.05) is 0 Å². The van der Waals surface area contributed by atoms with Gasteiger partial charge in [0.15, 0.2) is 34.8 Å². The second-order valence-corrected chi connectivity index (χ2v) is 4.44. The van der Waals surface area contributed by atoms with E-state index in [1.54, 1.807) is 0 Å². The highest BCUT2D eigenvalue weighted by atomic mass is 19.2. The van der Waals surface area contributed by atoms with Gasteiger partial charge >= 0.3 is 0 Å². The predicted molar refractivity (Wildman–Crippen MR) is 68.3 cm³/mol. The van der Waals surface area contributed by atoms with Crippen LogP contribution in [0.3, 0.4) is 0 Å². The lowest BCUT2D eigenvalue weighted by Crippen LogP contribution is -2.18. The molecular weight excluding hydrogens is 309 g/mol. The van der Waals surface area contributed by atoms with Crippen molar-refractivity contribution in [2.45, 2.75) is 6.92 Å². The fourth-order valence-electron chi connectivity index (χ4n) is 2.02. The average Bonchev–Trinajstić information content (AvgIpc) is 2.47. The summed E-state index contributed by atoms with van der Waals surface area (Å²) >= 11 is 0. The number of methoxy groups -OCH3 is 1. The summed E-state index contributed by atoms with van der Waals surface area (Å²) in [4.78, 5) is 0. The highest BCUT2D eigenvalue weighted by molar-refractivity contribution is 6.34. The van der Waals surface area contributed by atoms with Gasteiger partial charge in [-0.05, 0) is 24.0 Å². The molecular formula is C14H7BF6O. The highest BCUT2D eigenvalue weighted by Crippen LogP contribution is 2.36. The summed E-state index contributed by atoms with van der Waals surface area (Å²) in [5, 5.41) is 0. The molecule has 2 radical (unpaired) electrons. The van der Waals surface area contributed by atoms with Crippen molar-refractivity contribution in [1.29, 1.82) is 0 Å². The van der Waals surface area contributed by atoms with Crippen LogP contribution in [0.4, 0.5) is 26.3 Å². The first kappa shape index (κ1) is 16.3. The number of rotatable bonds is 2. The molecule has 0 aliphatic carbocycles. The molecule has 0 N–H and O–H groups in total. The van der Waals surface area contributed by atoms with Gasteiger partial charge in [-0.15, -0.1) is 0 Å². The molecule has 0 saturated heterocycles. The van der Waals surface area contributed by atoms with Crippen LogP contribution in [0.15, 0.2) is 6.07 Å². The minimum absolute atomic E-state index is 0.414. The third-order valence-corrected chi connectivity index (χ3v) is 3.11. The molecule has 0 aliphatic heterocycles. The second kappa shape index (κ2) is 5.59. The fraction of sp³-hybridized carbons (Fsp3) is 0.143. The molecule has 2 aromatic carbocycles. The van der Waals surface area contributed by atoms with Gasteiger partial charge in [0.25, 0.3) is 0 Å². The lowest BCUT2D eigenvalue weighted by molar-refractivity contribution is 0.382. The van der Waals surface area contributed by atoms with E-state index in [0.29, 0.717) is 6.07 Å². The Balaban J connectivity index is 2.97. The minimum atomic E-state index is -1.95. The summed E-state index contributed by atoms with van der Waals surface area (Å²) in [5.74, 6) is -11.1. The maximum absolute atomic E-state index is 14.2. The van der Waals surface area contributed by atoms with E-state index in [0.717, 1.165) is 14.0 Å². The number of benzene rings is 2. The van der Waals surface area contributed by atoms with E-state index in [-0.39, 0.29) is 0 Å². The molecule has 2 aromatic rings. The van der Waals surface area contributed by atoms with Crippen molar-refractivity contribution in [2.75, 3.05) is 7.11 Å². The van der Waals surface area contributed by atoms with Gasteiger partial charge in [-0.2, -0.15) is 0 Å². The van der Waals surface area contributed by atoms with Gasteiger partial charge < -0.3 is 4.74 Å². The average molecular weight is 316 g/mol. The molecule has 0 amide bonds. The van der Waals surface area contributed by atoms with Crippen molar-refractivity contribution in [3.8, 4) is 16.9 Å². The number of hydrogen-bond acceptors (Lipinski definition) is 1. The van der Waals surface area contributed by atoms with E-state index in [9.17, 15) is 26.3 Å². The Morgan fingerprint density at radius 1 is 0.818 bits per heavy atom. The molecule has 2 rings (SSSR count). The van der Waals surface area contributed by atoms with Crippen LogP contribution in [-0.4, -0.2) is 15.0 Å². The molecule has 0 aliphatic rings. The smallest absolute Gasteiger partial charge is 0.175 e. The quantitative estimate of drug-likeness (QED) is 0.469. The molecule has 0 unspecified atom stereocenters. The number of halogens is 6. The number of aryl methyl sites for hydroxylation is 1. The molecule has 0 aromatic heterocycles. The monoisotopic (exact) mass is 316 g/mol. The number of hydrogen-bond donors (Lipinski definition) is 0. The van der Waals surface area contributed by atoms with Gasteiger partial charge in [0.2, 0.25) is 0 Å². The van der Waals surface area contributed by atoms with Gasteiger partial charge in [-0.3, -0.25) is 0 Å². The highest BCUT2D eigenvalue weighted by Gasteiger charge is 2.29. The summed E-state index contributed by atoms with van der Waals surface area (Å²) in [6.45, 7) is 1.06. The molecule has 0 bridgehead atoms. The standard InChI is InChI=1S/C14H7BF6O/c1-4-3-5(16)6(10(18)9(4)17)7-11(19)13(21)8(15)14(22-2)12(7)20/h3H,1-2H3. The van der Waals surface area contributed by atoms with E-state index in [1.807, 2.05) is 0 Å². The summed E-state index contributed by atoms with van der Waals surface area (Å²) in [7, 11) is 6.03. The van der Waals surface area contributed by atoms with Crippen LogP contribution in [0, 0.1) is 41.8 Å². The Labute approximate surface area is 122 Å². The summed E-state index contributed by atoms with van der Waals surface area (Å²) in [6, 6.07) is 0.535. The Kier molecular flexibility index (Phi) is 4.13. The third-order valence-electron chi connectivity index (χ3n) is 3.11. The Hall–Kier alpha value is -2.12. The summed E-state index contributed by atoms with van der Waals surface area (Å²) in [5.41, 5.74) is -4.23. The lowest BCUT2D eigenvalue weighted by Gasteiger charge is -2.15. The number of ether oxygens (including phenoxy) is 1. The van der Waals surface area contributed by atoms with Crippen LogP contribution < -0.4 is 10.2 Å². The Morgan fingerprint density at radius 2 is 1.36 bits per heavy atom. The Morgan fingerprint density at radius 3 is 1.91 bits per heavy atom. The maximum atomic E-state index is 14.2. The van der Waals surface area contributed by atoms with Crippen LogP contribution in [0.25, 0.3) is 11.1 Å². The first-order valence-corrected chi connectivity index (χ1v) is 5.86. The first-order valence-electron chi connectivity index (χ1n) is 5.86. The molecule has 0 atom stereocenters. The van der Waals surface area contributed by atoms with Crippen molar-refractivity contribution in [3.05, 3.63) is 46.5 Å². The van der Waals surface area contributed by atoms with Crippen molar-refractivity contribution in [2.24, 2.45) is 0 Å². The lowest BCUT2D eigenvalue weighted by atomic mass is 9.89. The van der Waals surface area contributed by atoms with Crippen LogP contribution in [0.2, 0.25) is 0 Å². The van der Waals surface area contributed by atoms with Crippen LogP contribution in [-0.2, 0) is 0 Å². The van der Waals surface area contributed by atoms with Gasteiger partial charge in [0.1, 0.15) is 13.7 Å². The van der Waals surface area contributed by atoms with E-state index >= 15 is 0 Å². The topological polar surface area (TPSA) is 9.23 Å². The summed E-state index contributed by atoms with van der Waals surface area (Å²) in [6.07, 6.45) is 0. The van der Waals surface area contributed by atoms with Crippen LogP contribution >= 0.6 is 0 Å². The van der Waals surface area contributed by atoms with Crippen molar-refractivity contribution < 1.29 is 31.1 Å². The first-order chi connectivity index (χ1) is 10.2. The van der Waals surface area contributed by atoms with E-state index in [4.69, 9.17) is 7.85 Å². The van der Waals surface area contributed by atoms with Gasteiger partial charge in [-0.25, -0.2) is 26.3 Å². The SMILES string of the molecule is [B]c1c(F)c(F)c(-c2c(F)cc(C)c(F)c2F)c(F)c1OC. The van der Waals surface area contributed by atoms with Crippen LogP contribution in [0.1, 0.15) is 5.56 Å². The van der Waals surface area contributed by atoms with Crippen molar-refractivity contribution in [3.63, 3.8) is 0 Å². The van der Waals surface area contributed by atoms with Crippen molar-refractivity contribution >= 4 is 13.3 Å². The second-order valence-electron chi connectivity index (χ2n) is 4.44. The molecule has 0 heterocycles. The van der Waals surface area contributed by atoms with E-state index in [2.05, 4.69) is 4.74 Å². The molecule has 22 heavy (non-hydrogen) atoms.